The summed E-state index contributed by atoms with van der Waals surface area (Å²) in [6.07, 6.45) is 0. The van der Waals surface area contributed by atoms with Crippen LogP contribution in [0.15, 0.2) is 60.7 Å². The molecule has 0 bridgehead atoms. The Bertz CT molecular complexity index is 961. The summed E-state index contributed by atoms with van der Waals surface area (Å²) in [5.41, 5.74) is 4.50. The van der Waals surface area contributed by atoms with E-state index in [1.165, 1.54) is 5.56 Å². The Labute approximate surface area is 165 Å². The Morgan fingerprint density at radius 2 is 1.54 bits per heavy atom. The molecule has 28 heavy (non-hydrogen) atoms. The summed E-state index contributed by atoms with van der Waals surface area (Å²) in [7, 11) is 3.35. The molecule has 0 radical (unpaired) electrons. The van der Waals surface area contributed by atoms with Gasteiger partial charge < -0.3 is 19.3 Å². The van der Waals surface area contributed by atoms with Crippen molar-refractivity contribution in [2.45, 2.75) is 18.8 Å². The zero-order valence-electron chi connectivity index (χ0n) is 16.3. The van der Waals surface area contributed by atoms with Crippen LogP contribution in [-0.2, 0) is 0 Å². The van der Waals surface area contributed by atoms with E-state index in [0.29, 0.717) is 6.61 Å². The minimum Gasteiger partial charge on any atom is -0.508 e. The minimum absolute atomic E-state index is 0.129. The maximum absolute atomic E-state index is 9.69. The fourth-order valence-corrected chi connectivity index (χ4v) is 4.07. The van der Waals surface area contributed by atoms with Crippen molar-refractivity contribution < 1.29 is 19.3 Å². The standard InChI is InChI=1S/C24H24O4/c1-15-22(27-3)13-12-20-23(17-6-10-19(26-2)11-7-17)21(14-28-24(15)20)16-4-8-18(25)9-5-16/h4-13,21,23,25H,14H2,1-3H3. The van der Waals surface area contributed by atoms with Crippen LogP contribution in [0.1, 0.15) is 34.1 Å². The number of methoxy groups -OCH3 is 2. The fraction of sp³-hybridized carbons (Fsp3) is 0.250. The molecule has 0 aromatic heterocycles. The molecule has 144 valence electrons. The number of phenols is 1. The summed E-state index contributed by atoms with van der Waals surface area (Å²) in [4.78, 5) is 0. The van der Waals surface area contributed by atoms with Crippen molar-refractivity contribution >= 4 is 0 Å². The van der Waals surface area contributed by atoms with Crippen LogP contribution < -0.4 is 14.2 Å². The maximum Gasteiger partial charge on any atom is 0.129 e. The van der Waals surface area contributed by atoms with Crippen LogP contribution in [0.25, 0.3) is 0 Å². The Kier molecular flexibility index (Phi) is 4.86. The van der Waals surface area contributed by atoms with Gasteiger partial charge >= 0.3 is 0 Å². The zero-order valence-corrected chi connectivity index (χ0v) is 16.3. The van der Waals surface area contributed by atoms with Gasteiger partial charge in [0, 0.05) is 23.0 Å². The van der Waals surface area contributed by atoms with Gasteiger partial charge in [0.15, 0.2) is 0 Å². The van der Waals surface area contributed by atoms with E-state index in [0.717, 1.165) is 33.9 Å². The maximum atomic E-state index is 9.69. The lowest BCUT2D eigenvalue weighted by molar-refractivity contribution is 0.245. The van der Waals surface area contributed by atoms with Crippen LogP contribution in [-0.4, -0.2) is 25.9 Å². The van der Waals surface area contributed by atoms with E-state index in [2.05, 4.69) is 18.2 Å². The van der Waals surface area contributed by atoms with E-state index in [1.807, 2.05) is 37.3 Å². The Balaban J connectivity index is 1.85. The van der Waals surface area contributed by atoms with Crippen molar-refractivity contribution in [2.75, 3.05) is 20.8 Å². The van der Waals surface area contributed by atoms with E-state index < -0.39 is 0 Å². The van der Waals surface area contributed by atoms with Gasteiger partial charge in [-0.1, -0.05) is 30.3 Å². The monoisotopic (exact) mass is 376 g/mol. The van der Waals surface area contributed by atoms with Gasteiger partial charge in [-0.25, -0.2) is 0 Å². The smallest absolute Gasteiger partial charge is 0.129 e. The second-order valence-electron chi connectivity index (χ2n) is 7.07. The van der Waals surface area contributed by atoms with Crippen LogP contribution in [0.4, 0.5) is 0 Å². The summed E-state index contributed by atoms with van der Waals surface area (Å²) in [6, 6.07) is 19.7. The van der Waals surface area contributed by atoms with E-state index in [1.54, 1.807) is 26.4 Å². The molecule has 3 aromatic carbocycles. The first-order chi connectivity index (χ1) is 13.6. The predicted octanol–water partition coefficient (Wildman–Crippen LogP) is 5.03. The summed E-state index contributed by atoms with van der Waals surface area (Å²) >= 11 is 0. The van der Waals surface area contributed by atoms with Crippen molar-refractivity contribution in [1.29, 1.82) is 0 Å². The highest BCUT2D eigenvalue weighted by molar-refractivity contribution is 5.56. The molecule has 2 atom stereocenters. The minimum atomic E-state index is 0.129. The lowest BCUT2D eigenvalue weighted by Crippen LogP contribution is -2.26. The third kappa shape index (κ3) is 3.15. The number of phenolic OH excluding ortho intramolecular Hbond substituents is 1. The number of fused-ring (bicyclic) bond motifs is 1. The highest BCUT2D eigenvalue weighted by atomic mass is 16.5. The molecule has 4 nitrogen and oxygen atoms in total. The molecule has 1 aliphatic rings. The quantitative estimate of drug-likeness (QED) is 0.694. The van der Waals surface area contributed by atoms with E-state index >= 15 is 0 Å². The molecule has 0 fully saturated rings. The number of hydrogen-bond acceptors (Lipinski definition) is 4. The van der Waals surface area contributed by atoms with Gasteiger partial charge in [0.05, 0.1) is 20.8 Å². The largest absolute Gasteiger partial charge is 0.508 e. The first-order valence-corrected chi connectivity index (χ1v) is 9.35. The average molecular weight is 376 g/mol. The van der Waals surface area contributed by atoms with Gasteiger partial charge in [-0.15, -0.1) is 0 Å². The molecule has 0 aliphatic carbocycles. The molecule has 0 saturated carbocycles. The molecule has 0 saturated heterocycles. The van der Waals surface area contributed by atoms with Crippen molar-refractivity contribution in [3.8, 4) is 23.0 Å². The van der Waals surface area contributed by atoms with Gasteiger partial charge in [-0.2, -0.15) is 0 Å². The Morgan fingerprint density at radius 3 is 2.18 bits per heavy atom. The Hall–Kier alpha value is -3.14. The summed E-state index contributed by atoms with van der Waals surface area (Å²) in [5, 5.41) is 9.69. The molecule has 0 spiro atoms. The number of rotatable bonds is 4. The highest BCUT2D eigenvalue weighted by Crippen LogP contribution is 2.49. The number of ether oxygens (including phenoxy) is 3. The highest BCUT2D eigenvalue weighted by Gasteiger charge is 2.34. The number of hydrogen-bond donors (Lipinski definition) is 1. The molecular formula is C24H24O4. The molecule has 1 heterocycles. The first kappa shape index (κ1) is 18.2. The molecule has 0 amide bonds. The third-order valence-electron chi connectivity index (χ3n) is 5.55. The predicted molar refractivity (Wildman–Crippen MR) is 109 cm³/mol. The molecule has 1 aliphatic heterocycles. The second-order valence-corrected chi connectivity index (χ2v) is 7.07. The topological polar surface area (TPSA) is 47.9 Å². The fourth-order valence-electron chi connectivity index (χ4n) is 4.07. The van der Waals surface area contributed by atoms with Crippen LogP contribution in [0, 0.1) is 6.92 Å². The number of aromatic hydroxyl groups is 1. The van der Waals surface area contributed by atoms with Crippen molar-refractivity contribution in [1.82, 2.24) is 0 Å². The van der Waals surface area contributed by atoms with Crippen LogP contribution in [0.3, 0.4) is 0 Å². The molecule has 4 heteroatoms. The van der Waals surface area contributed by atoms with Gasteiger partial charge in [0.25, 0.3) is 0 Å². The summed E-state index contributed by atoms with van der Waals surface area (Å²) in [6.45, 7) is 2.59. The van der Waals surface area contributed by atoms with Crippen LogP contribution in [0.2, 0.25) is 0 Å². The second kappa shape index (κ2) is 7.47. The number of benzene rings is 3. The SMILES string of the molecule is COc1ccc(C2c3ccc(OC)c(C)c3OCC2c2ccc(O)cc2)cc1. The lowest BCUT2D eigenvalue weighted by Gasteiger charge is -2.35. The summed E-state index contributed by atoms with van der Waals surface area (Å²) in [5.74, 6) is 3.09. The van der Waals surface area contributed by atoms with Gasteiger partial charge in [-0.3, -0.25) is 0 Å². The lowest BCUT2D eigenvalue weighted by atomic mass is 9.75. The van der Waals surface area contributed by atoms with Gasteiger partial charge in [0.1, 0.15) is 23.0 Å². The zero-order chi connectivity index (χ0) is 19.7. The van der Waals surface area contributed by atoms with Gasteiger partial charge in [-0.05, 0) is 48.4 Å². The van der Waals surface area contributed by atoms with Gasteiger partial charge in [0.2, 0.25) is 0 Å². The van der Waals surface area contributed by atoms with E-state index in [-0.39, 0.29) is 17.6 Å². The van der Waals surface area contributed by atoms with E-state index in [4.69, 9.17) is 14.2 Å². The normalized spacial score (nSPS) is 18.1. The van der Waals surface area contributed by atoms with Crippen molar-refractivity contribution in [3.05, 3.63) is 82.9 Å². The molecule has 2 unspecified atom stereocenters. The third-order valence-corrected chi connectivity index (χ3v) is 5.55. The molecule has 3 aromatic rings. The van der Waals surface area contributed by atoms with Crippen LogP contribution >= 0.6 is 0 Å². The van der Waals surface area contributed by atoms with E-state index in [9.17, 15) is 5.11 Å². The molecular weight excluding hydrogens is 352 g/mol. The van der Waals surface area contributed by atoms with Crippen LogP contribution in [0.5, 0.6) is 23.0 Å². The first-order valence-electron chi connectivity index (χ1n) is 9.35. The van der Waals surface area contributed by atoms with Crippen molar-refractivity contribution in [3.63, 3.8) is 0 Å². The average Bonchev–Trinajstić information content (AvgIpc) is 2.74. The molecule has 1 N–H and O–H groups in total. The molecule has 4 rings (SSSR count). The summed E-state index contributed by atoms with van der Waals surface area (Å²) < 4.78 is 17.0. The van der Waals surface area contributed by atoms with Crippen molar-refractivity contribution in [2.24, 2.45) is 0 Å². The Morgan fingerprint density at radius 1 is 0.857 bits per heavy atom.